The van der Waals surface area contributed by atoms with Gasteiger partial charge in [0.15, 0.2) is 0 Å². The molecule has 0 fully saturated rings. The average Bonchev–Trinajstić information content (AvgIpc) is 2.65. The number of benzene rings is 1. The summed E-state index contributed by atoms with van der Waals surface area (Å²) in [5.74, 6) is -0.424. The molecule has 1 aliphatic heterocycles. The second kappa shape index (κ2) is 6.10. The number of ether oxygens (including phenoxy) is 2. The fourth-order valence-electron chi connectivity index (χ4n) is 1.90. The summed E-state index contributed by atoms with van der Waals surface area (Å²) in [5.41, 5.74) is 0.812. The Morgan fingerprint density at radius 2 is 2.30 bits per heavy atom. The molecule has 0 saturated carbocycles. The van der Waals surface area contributed by atoms with Gasteiger partial charge in [0.25, 0.3) is 0 Å². The minimum atomic E-state index is -1.02. The summed E-state index contributed by atoms with van der Waals surface area (Å²) in [7, 11) is 0. The summed E-state index contributed by atoms with van der Waals surface area (Å²) in [6, 6.07) is 4.60. The normalized spacial score (nSPS) is 13.7. The highest BCUT2D eigenvalue weighted by Gasteiger charge is 2.21. The zero-order chi connectivity index (χ0) is 14.5. The topological polar surface area (TPSA) is 76.1 Å². The predicted octanol–water partition coefficient (Wildman–Crippen LogP) is 1.90. The van der Waals surface area contributed by atoms with Gasteiger partial charge < -0.3 is 19.5 Å². The number of amides is 1. The van der Waals surface area contributed by atoms with Crippen molar-refractivity contribution in [3.05, 3.63) is 42.0 Å². The summed E-state index contributed by atoms with van der Waals surface area (Å²) >= 11 is 0. The van der Waals surface area contributed by atoms with E-state index in [0.29, 0.717) is 24.5 Å². The first-order chi connectivity index (χ1) is 9.61. The van der Waals surface area contributed by atoms with Crippen molar-refractivity contribution in [1.82, 2.24) is 4.90 Å². The molecule has 1 amide bonds. The molecule has 6 nitrogen and oxygen atoms in total. The van der Waals surface area contributed by atoms with Crippen molar-refractivity contribution in [3.8, 4) is 5.75 Å². The highest BCUT2D eigenvalue weighted by Crippen LogP contribution is 2.24. The van der Waals surface area contributed by atoms with E-state index in [0.717, 1.165) is 0 Å². The Balaban J connectivity index is 2.19. The van der Waals surface area contributed by atoms with Gasteiger partial charge in [-0.25, -0.2) is 9.59 Å². The Labute approximate surface area is 116 Å². The van der Waals surface area contributed by atoms with Gasteiger partial charge in [-0.05, 0) is 18.2 Å². The van der Waals surface area contributed by atoms with Crippen molar-refractivity contribution < 1.29 is 24.2 Å². The molecule has 0 aliphatic carbocycles. The molecule has 106 valence electrons. The molecular formula is C14H15NO5. The van der Waals surface area contributed by atoms with E-state index in [-0.39, 0.29) is 18.7 Å². The smallest absolute Gasteiger partial charge is 0.410 e. The molecule has 1 aliphatic rings. The molecule has 1 N–H and O–H groups in total. The van der Waals surface area contributed by atoms with Crippen molar-refractivity contribution >= 4 is 12.1 Å². The Morgan fingerprint density at radius 3 is 3.00 bits per heavy atom. The lowest BCUT2D eigenvalue weighted by Gasteiger charge is -2.18. The lowest BCUT2D eigenvalue weighted by atomic mass is 10.1. The molecule has 1 heterocycles. The van der Waals surface area contributed by atoms with E-state index in [4.69, 9.17) is 14.6 Å². The summed E-state index contributed by atoms with van der Waals surface area (Å²) < 4.78 is 10.5. The third kappa shape index (κ3) is 3.09. The van der Waals surface area contributed by atoms with Gasteiger partial charge in [-0.3, -0.25) is 0 Å². The standard InChI is InChI=1S/C14H15NO5/c1-2-6-20-14(18)15-5-7-19-12-4-3-10(13(16)17)8-11(12)9-15/h2-4,8H,1,5-7,9H2,(H,16,17). The highest BCUT2D eigenvalue weighted by atomic mass is 16.6. The van der Waals surface area contributed by atoms with Crippen LogP contribution in [0.1, 0.15) is 15.9 Å². The molecule has 6 heteroatoms. The maximum Gasteiger partial charge on any atom is 0.410 e. The van der Waals surface area contributed by atoms with Crippen LogP contribution in [0.25, 0.3) is 0 Å². The van der Waals surface area contributed by atoms with E-state index in [9.17, 15) is 9.59 Å². The van der Waals surface area contributed by atoms with Crippen LogP contribution in [0.5, 0.6) is 5.75 Å². The Kier molecular flexibility index (Phi) is 4.24. The second-order valence-corrected chi connectivity index (χ2v) is 4.26. The largest absolute Gasteiger partial charge is 0.491 e. The third-order valence-corrected chi connectivity index (χ3v) is 2.87. The van der Waals surface area contributed by atoms with Gasteiger partial charge in [0, 0.05) is 5.56 Å². The molecule has 0 aromatic heterocycles. The van der Waals surface area contributed by atoms with Crippen molar-refractivity contribution in [2.75, 3.05) is 19.8 Å². The van der Waals surface area contributed by atoms with E-state index in [1.165, 1.54) is 23.1 Å². The quantitative estimate of drug-likeness (QED) is 0.854. The zero-order valence-corrected chi connectivity index (χ0v) is 10.9. The van der Waals surface area contributed by atoms with Crippen LogP contribution >= 0.6 is 0 Å². The van der Waals surface area contributed by atoms with Gasteiger partial charge >= 0.3 is 12.1 Å². The lowest BCUT2D eigenvalue weighted by molar-refractivity contribution is 0.0696. The average molecular weight is 277 g/mol. The fourth-order valence-corrected chi connectivity index (χ4v) is 1.90. The number of fused-ring (bicyclic) bond motifs is 1. The van der Waals surface area contributed by atoms with Crippen LogP contribution in [-0.4, -0.2) is 41.8 Å². The number of carboxylic acids is 1. The van der Waals surface area contributed by atoms with E-state index in [1.807, 2.05) is 0 Å². The number of nitrogens with zero attached hydrogens (tertiary/aromatic N) is 1. The molecular weight excluding hydrogens is 262 g/mol. The monoisotopic (exact) mass is 277 g/mol. The van der Waals surface area contributed by atoms with Gasteiger partial charge in [0.1, 0.15) is 19.0 Å². The number of rotatable bonds is 3. The van der Waals surface area contributed by atoms with Crippen LogP contribution < -0.4 is 4.74 Å². The molecule has 1 aromatic carbocycles. The molecule has 0 radical (unpaired) electrons. The van der Waals surface area contributed by atoms with Crippen LogP contribution in [0, 0.1) is 0 Å². The number of hydrogen-bond donors (Lipinski definition) is 1. The minimum absolute atomic E-state index is 0.137. The number of carbonyl (C=O) groups is 2. The highest BCUT2D eigenvalue weighted by molar-refractivity contribution is 5.88. The van der Waals surface area contributed by atoms with Gasteiger partial charge in [-0.1, -0.05) is 12.7 Å². The first-order valence-corrected chi connectivity index (χ1v) is 6.13. The Hall–Kier alpha value is -2.50. The van der Waals surface area contributed by atoms with Crippen molar-refractivity contribution in [3.63, 3.8) is 0 Å². The Bertz CT molecular complexity index is 540. The molecule has 0 unspecified atom stereocenters. The summed E-state index contributed by atoms with van der Waals surface area (Å²) in [4.78, 5) is 24.3. The van der Waals surface area contributed by atoms with E-state index < -0.39 is 12.1 Å². The number of carboxylic acid groups (broad SMARTS) is 1. The van der Waals surface area contributed by atoms with Gasteiger partial charge in [0.05, 0.1) is 18.7 Å². The molecule has 0 atom stereocenters. The van der Waals surface area contributed by atoms with E-state index in [2.05, 4.69) is 6.58 Å². The predicted molar refractivity (Wildman–Crippen MR) is 70.9 cm³/mol. The first-order valence-electron chi connectivity index (χ1n) is 6.13. The minimum Gasteiger partial charge on any atom is -0.491 e. The second-order valence-electron chi connectivity index (χ2n) is 4.26. The number of aromatic carboxylic acids is 1. The van der Waals surface area contributed by atoms with Crippen LogP contribution in [-0.2, 0) is 11.3 Å². The first kappa shape index (κ1) is 13.9. The molecule has 0 saturated heterocycles. The van der Waals surface area contributed by atoms with Crippen molar-refractivity contribution in [1.29, 1.82) is 0 Å². The van der Waals surface area contributed by atoms with E-state index in [1.54, 1.807) is 6.07 Å². The van der Waals surface area contributed by atoms with Crippen LogP contribution in [0.15, 0.2) is 30.9 Å². The number of hydrogen-bond acceptors (Lipinski definition) is 4. The molecule has 0 spiro atoms. The van der Waals surface area contributed by atoms with Crippen LogP contribution in [0.4, 0.5) is 4.79 Å². The van der Waals surface area contributed by atoms with Gasteiger partial charge in [0.2, 0.25) is 0 Å². The Morgan fingerprint density at radius 1 is 1.50 bits per heavy atom. The number of carbonyl (C=O) groups excluding carboxylic acids is 1. The maximum atomic E-state index is 11.8. The SMILES string of the molecule is C=CCOC(=O)N1CCOc2ccc(C(=O)O)cc2C1. The molecule has 1 aromatic rings. The summed E-state index contributed by atoms with van der Waals surface area (Å²) in [6.45, 7) is 4.59. The molecule has 20 heavy (non-hydrogen) atoms. The summed E-state index contributed by atoms with van der Waals surface area (Å²) in [6.07, 6.45) is 1.02. The molecule has 2 rings (SSSR count). The van der Waals surface area contributed by atoms with Gasteiger partial charge in [-0.15, -0.1) is 0 Å². The lowest BCUT2D eigenvalue weighted by Crippen LogP contribution is -2.33. The van der Waals surface area contributed by atoms with E-state index >= 15 is 0 Å². The maximum absolute atomic E-state index is 11.8. The van der Waals surface area contributed by atoms with Gasteiger partial charge in [-0.2, -0.15) is 0 Å². The third-order valence-electron chi connectivity index (χ3n) is 2.87. The molecule has 0 bridgehead atoms. The van der Waals surface area contributed by atoms with Crippen molar-refractivity contribution in [2.24, 2.45) is 0 Å². The fraction of sp³-hybridized carbons (Fsp3) is 0.286. The summed E-state index contributed by atoms with van der Waals surface area (Å²) in [5, 5.41) is 8.99. The van der Waals surface area contributed by atoms with Crippen LogP contribution in [0.3, 0.4) is 0 Å². The van der Waals surface area contributed by atoms with Crippen LogP contribution in [0.2, 0.25) is 0 Å². The zero-order valence-electron chi connectivity index (χ0n) is 10.9. The van der Waals surface area contributed by atoms with Crippen molar-refractivity contribution in [2.45, 2.75) is 6.54 Å².